The average Bonchev–Trinajstić information content (AvgIpc) is 2.82. The third kappa shape index (κ3) is 4.19. The predicted octanol–water partition coefficient (Wildman–Crippen LogP) is 0.575. The summed E-state index contributed by atoms with van der Waals surface area (Å²) in [5.74, 6) is -0.754. The molecule has 32 heavy (non-hydrogen) atoms. The summed E-state index contributed by atoms with van der Waals surface area (Å²) in [7, 11) is 2.90. The molecule has 1 saturated heterocycles. The maximum atomic E-state index is 13.4. The van der Waals surface area contributed by atoms with Crippen molar-refractivity contribution in [2.75, 3.05) is 32.8 Å². The van der Waals surface area contributed by atoms with Crippen molar-refractivity contribution in [3.63, 3.8) is 0 Å². The summed E-state index contributed by atoms with van der Waals surface area (Å²) in [6, 6.07) is 9.01. The summed E-state index contributed by atoms with van der Waals surface area (Å²) < 4.78 is 21.1. The molecule has 1 aliphatic heterocycles. The van der Waals surface area contributed by atoms with Crippen LogP contribution >= 0.6 is 0 Å². The number of rotatable bonds is 5. The second kappa shape index (κ2) is 9.01. The van der Waals surface area contributed by atoms with Gasteiger partial charge < -0.3 is 10.1 Å². The fraction of sp³-hybridized carbons (Fsp3) is 0.364. The van der Waals surface area contributed by atoms with Crippen molar-refractivity contribution < 1.29 is 13.9 Å². The lowest BCUT2D eigenvalue weighted by Crippen LogP contribution is -2.44. The van der Waals surface area contributed by atoms with E-state index in [4.69, 9.17) is 4.74 Å². The van der Waals surface area contributed by atoms with E-state index in [1.807, 2.05) is 0 Å². The molecule has 0 radical (unpaired) electrons. The Labute approximate surface area is 183 Å². The predicted molar refractivity (Wildman–Crippen MR) is 116 cm³/mol. The van der Waals surface area contributed by atoms with Gasteiger partial charge in [0.15, 0.2) is 0 Å². The first-order valence-electron chi connectivity index (χ1n) is 10.3. The highest BCUT2D eigenvalue weighted by molar-refractivity contribution is 5.94. The quantitative estimate of drug-likeness (QED) is 0.622. The number of ether oxygens (including phenoxy) is 1. The van der Waals surface area contributed by atoms with E-state index in [1.54, 1.807) is 12.1 Å². The molecule has 1 amide bonds. The van der Waals surface area contributed by atoms with E-state index >= 15 is 0 Å². The van der Waals surface area contributed by atoms with Crippen LogP contribution in [0.15, 0.2) is 46.0 Å². The molecule has 1 unspecified atom stereocenters. The zero-order valence-electron chi connectivity index (χ0n) is 17.9. The number of fused-ring (bicyclic) bond motifs is 1. The zero-order valence-corrected chi connectivity index (χ0v) is 17.9. The van der Waals surface area contributed by atoms with Crippen LogP contribution in [0.25, 0.3) is 11.0 Å². The summed E-state index contributed by atoms with van der Waals surface area (Å²) >= 11 is 0. The molecule has 2 aromatic heterocycles. The number of carbonyl (C=O) groups excluding carboxylic acids is 1. The highest BCUT2D eigenvalue weighted by Crippen LogP contribution is 2.22. The lowest BCUT2D eigenvalue weighted by Gasteiger charge is -2.34. The van der Waals surface area contributed by atoms with Gasteiger partial charge in [-0.1, -0.05) is 12.1 Å². The van der Waals surface area contributed by atoms with E-state index in [9.17, 15) is 18.8 Å². The molecule has 9 nitrogen and oxygen atoms in total. The molecule has 4 rings (SSSR count). The molecule has 0 spiro atoms. The number of aromatic nitrogens is 3. The Morgan fingerprint density at radius 3 is 2.47 bits per heavy atom. The molecular weight excluding hydrogens is 417 g/mol. The number of carbonyl (C=O) groups is 1. The monoisotopic (exact) mass is 441 g/mol. The van der Waals surface area contributed by atoms with Gasteiger partial charge in [-0.05, 0) is 29.8 Å². The molecule has 1 atom stereocenters. The van der Waals surface area contributed by atoms with Gasteiger partial charge in [0.1, 0.15) is 17.2 Å². The van der Waals surface area contributed by atoms with Crippen molar-refractivity contribution >= 4 is 16.9 Å². The molecule has 10 heteroatoms. The zero-order chi connectivity index (χ0) is 22.8. The number of halogens is 1. The molecule has 0 aliphatic carbocycles. The third-order valence-corrected chi connectivity index (χ3v) is 5.73. The van der Waals surface area contributed by atoms with Crippen LogP contribution in [0, 0.1) is 5.82 Å². The minimum absolute atomic E-state index is 0.0978. The minimum Gasteiger partial charge on any atom is -0.379 e. The van der Waals surface area contributed by atoms with Crippen LogP contribution in [0.3, 0.4) is 0 Å². The Bertz CT molecular complexity index is 1260. The molecule has 0 saturated carbocycles. The van der Waals surface area contributed by atoms with Gasteiger partial charge in [0.2, 0.25) is 0 Å². The van der Waals surface area contributed by atoms with Crippen molar-refractivity contribution in [3.8, 4) is 0 Å². The number of benzene rings is 1. The summed E-state index contributed by atoms with van der Waals surface area (Å²) in [5.41, 5.74) is 0.142. The van der Waals surface area contributed by atoms with Crippen LogP contribution in [0.4, 0.5) is 4.39 Å². The normalized spacial score (nSPS) is 15.6. The first kappa shape index (κ1) is 21.8. The SMILES string of the molecule is Cn1c(=O)c2ccc(C(=O)NCC(c3ccc(F)cc3)N3CCOCC3)nc2n(C)c1=O. The molecule has 168 valence electrons. The first-order valence-corrected chi connectivity index (χ1v) is 10.3. The van der Waals surface area contributed by atoms with Crippen molar-refractivity contribution in [1.82, 2.24) is 24.3 Å². The van der Waals surface area contributed by atoms with Gasteiger partial charge in [0, 0.05) is 33.7 Å². The summed E-state index contributed by atoms with van der Waals surface area (Å²) in [4.78, 5) is 43.8. The molecule has 1 aliphatic rings. The molecule has 0 bridgehead atoms. The summed E-state index contributed by atoms with van der Waals surface area (Å²) in [5, 5.41) is 3.14. The van der Waals surface area contributed by atoms with Gasteiger partial charge >= 0.3 is 5.69 Å². The van der Waals surface area contributed by atoms with E-state index in [0.717, 1.165) is 10.1 Å². The van der Waals surface area contributed by atoms with Crippen LogP contribution in [0.5, 0.6) is 0 Å². The maximum absolute atomic E-state index is 13.4. The number of hydrogen-bond donors (Lipinski definition) is 1. The van der Waals surface area contributed by atoms with Crippen LogP contribution in [-0.4, -0.2) is 57.8 Å². The van der Waals surface area contributed by atoms with Gasteiger partial charge in [-0.2, -0.15) is 0 Å². The number of hydrogen-bond acceptors (Lipinski definition) is 6. The van der Waals surface area contributed by atoms with Gasteiger partial charge in [-0.3, -0.25) is 23.6 Å². The third-order valence-electron chi connectivity index (χ3n) is 5.73. The fourth-order valence-electron chi connectivity index (χ4n) is 3.89. The standard InChI is InChI=1S/C22H24FN5O4/c1-26-19-16(21(30)27(2)22(26)31)7-8-17(25-19)20(29)24-13-18(28-9-11-32-12-10-28)14-3-5-15(23)6-4-14/h3-8,18H,9-13H2,1-2H3,(H,24,29). The Morgan fingerprint density at radius 2 is 1.78 bits per heavy atom. The molecule has 1 aromatic carbocycles. The Kier molecular flexibility index (Phi) is 6.15. The second-order valence-corrected chi connectivity index (χ2v) is 7.70. The van der Waals surface area contributed by atoms with Crippen LogP contribution < -0.4 is 16.6 Å². The maximum Gasteiger partial charge on any atom is 0.332 e. The van der Waals surface area contributed by atoms with E-state index in [2.05, 4.69) is 15.2 Å². The molecule has 1 fully saturated rings. The highest BCUT2D eigenvalue weighted by Gasteiger charge is 2.24. The number of aryl methyl sites for hydroxylation is 1. The minimum atomic E-state index is -0.517. The number of pyridine rings is 1. The van der Waals surface area contributed by atoms with Crippen LogP contribution in [0.2, 0.25) is 0 Å². The Hall–Kier alpha value is -3.37. The molecule has 3 aromatic rings. The van der Waals surface area contributed by atoms with Gasteiger partial charge in [0.25, 0.3) is 11.5 Å². The largest absolute Gasteiger partial charge is 0.379 e. The van der Waals surface area contributed by atoms with Gasteiger partial charge in [-0.15, -0.1) is 0 Å². The second-order valence-electron chi connectivity index (χ2n) is 7.70. The van der Waals surface area contributed by atoms with E-state index in [-0.39, 0.29) is 35.1 Å². The lowest BCUT2D eigenvalue weighted by atomic mass is 10.0. The van der Waals surface area contributed by atoms with Crippen molar-refractivity contribution in [1.29, 1.82) is 0 Å². The summed E-state index contributed by atoms with van der Waals surface area (Å²) in [6.07, 6.45) is 0. The van der Waals surface area contributed by atoms with Gasteiger partial charge in [-0.25, -0.2) is 14.2 Å². The van der Waals surface area contributed by atoms with Gasteiger partial charge in [0.05, 0.1) is 24.6 Å². The fourth-order valence-corrected chi connectivity index (χ4v) is 3.89. The van der Waals surface area contributed by atoms with E-state index < -0.39 is 17.2 Å². The first-order chi connectivity index (χ1) is 15.4. The van der Waals surface area contributed by atoms with E-state index in [0.29, 0.717) is 26.3 Å². The Balaban J connectivity index is 1.59. The highest BCUT2D eigenvalue weighted by atomic mass is 19.1. The van der Waals surface area contributed by atoms with E-state index in [1.165, 1.54) is 42.9 Å². The van der Waals surface area contributed by atoms with Crippen molar-refractivity contribution in [2.24, 2.45) is 14.1 Å². The lowest BCUT2D eigenvalue weighted by molar-refractivity contribution is 0.0162. The number of nitrogens with zero attached hydrogens (tertiary/aromatic N) is 4. The van der Waals surface area contributed by atoms with Crippen LogP contribution in [0.1, 0.15) is 22.1 Å². The summed E-state index contributed by atoms with van der Waals surface area (Å²) in [6.45, 7) is 2.83. The smallest absolute Gasteiger partial charge is 0.332 e. The molecule has 3 heterocycles. The van der Waals surface area contributed by atoms with Crippen molar-refractivity contribution in [3.05, 3.63) is 74.3 Å². The molecule has 1 N–H and O–H groups in total. The number of morpholine rings is 1. The molecular formula is C22H24FN5O4. The van der Waals surface area contributed by atoms with Crippen molar-refractivity contribution in [2.45, 2.75) is 6.04 Å². The number of nitrogens with one attached hydrogen (secondary N) is 1. The number of amides is 1. The Morgan fingerprint density at radius 1 is 1.09 bits per heavy atom. The topological polar surface area (TPSA) is 98.5 Å². The average molecular weight is 441 g/mol. The van der Waals surface area contributed by atoms with Crippen LogP contribution in [-0.2, 0) is 18.8 Å².